The fourth-order valence-electron chi connectivity index (χ4n) is 2.21. The largest absolute Gasteiger partial charge is 0.486 e. The zero-order valence-electron chi connectivity index (χ0n) is 12.8. The average molecular weight is 293 g/mol. The summed E-state index contributed by atoms with van der Waals surface area (Å²) in [6.45, 7) is 6.79. The molecule has 0 bridgehead atoms. The van der Waals surface area contributed by atoms with E-state index in [-0.39, 0.29) is 12.2 Å². The van der Waals surface area contributed by atoms with Gasteiger partial charge >= 0.3 is 6.09 Å². The third-order valence-corrected chi connectivity index (χ3v) is 3.13. The van der Waals surface area contributed by atoms with Crippen LogP contribution in [0, 0.1) is 0 Å². The third kappa shape index (κ3) is 4.51. The molecule has 0 spiro atoms. The van der Waals surface area contributed by atoms with Crippen LogP contribution in [0.25, 0.3) is 0 Å². The molecule has 0 radical (unpaired) electrons. The molecule has 1 fully saturated rings. The molecule has 1 aromatic rings. The van der Waals surface area contributed by atoms with Crippen LogP contribution in [0.3, 0.4) is 0 Å². The molecular formula is C15H23N3O3. The van der Waals surface area contributed by atoms with Gasteiger partial charge in [0.15, 0.2) is 0 Å². The number of nitrogens with zero attached hydrogens (tertiary/aromatic N) is 2. The van der Waals surface area contributed by atoms with E-state index in [0.717, 1.165) is 12.8 Å². The van der Waals surface area contributed by atoms with Crippen LogP contribution in [0.2, 0.25) is 0 Å². The second kappa shape index (κ2) is 6.20. The van der Waals surface area contributed by atoms with Crippen LogP contribution in [0.1, 0.15) is 33.6 Å². The summed E-state index contributed by atoms with van der Waals surface area (Å²) in [5.74, 6) is 0.612. The molecule has 2 N–H and O–H groups in total. The summed E-state index contributed by atoms with van der Waals surface area (Å²) in [4.78, 5) is 17.7. The Morgan fingerprint density at radius 3 is 2.90 bits per heavy atom. The molecule has 1 amide bonds. The average Bonchev–Trinajstić information content (AvgIpc) is 2.40. The van der Waals surface area contributed by atoms with Crippen LogP contribution in [0.5, 0.6) is 5.75 Å². The predicted molar refractivity (Wildman–Crippen MR) is 80.1 cm³/mol. The van der Waals surface area contributed by atoms with Crippen molar-refractivity contribution in [1.29, 1.82) is 0 Å². The van der Waals surface area contributed by atoms with Gasteiger partial charge in [0.25, 0.3) is 0 Å². The summed E-state index contributed by atoms with van der Waals surface area (Å²) in [6.07, 6.45) is 4.61. The second-order valence-electron chi connectivity index (χ2n) is 6.22. The van der Waals surface area contributed by atoms with Crippen LogP contribution >= 0.6 is 0 Å². The summed E-state index contributed by atoms with van der Waals surface area (Å²) in [5.41, 5.74) is 5.84. The number of likely N-dealkylation sites (tertiary alicyclic amines) is 1. The summed E-state index contributed by atoms with van der Waals surface area (Å²) in [5, 5.41) is 0. The van der Waals surface area contributed by atoms with E-state index in [9.17, 15) is 4.79 Å². The van der Waals surface area contributed by atoms with Crippen LogP contribution in [-0.2, 0) is 4.74 Å². The smallest absolute Gasteiger partial charge is 0.410 e. The third-order valence-electron chi connectivity index (χ3n) is 3.13. The van der Waals surface area contributed by atoms with Crippen molar-refractivity contribution in [2.45, 2.75) is 45.3 Å². The molecule has 116 valence electrons. The van der Waals surface area contributed by atoms with E-state index >= 15 is 0 Å². The number of carbonyl (C=O) groups is 1. The van der Waals surface area contributed by atoms with Crippen molar-refractivity contribution < 1.29 is 14.3 Å². The minimum atomic E-state index is -0.486. The van der Waals surface area contributed by atoms with Crippen molar-refractivity contribution in [3.8, 4) is 5.75 Å². The van der Waals surface area contributed by atoms with Gasteiger partial charge in [-0.05, 0) is 33.6 Å². The Balaban J connectivity index is 1.95. The van der Waals surface area contributed by atoms with E-state index in [2.05, 4.69) is 4.98 Å². The van der Waals surface area contributed by atoms with Gasteiger partial charge in [0.2, 0.25) is 0 Å². The molecule has 0 aliphatic carbocycles. The van der Waals surface area contributed by atoms with Crippen LogP contribution in [0.4, 0.5) is 10.5 Å². The second-order valence-corrected chi connectivity index (χ2v) is 6.22. The molecule has 1 saturated heterocycles. The minimum absolute atomic E-state index is 0.0732. The zero-order chi connectivity index (χ0) is 15.5. The summed E-state index contributed by atoms with van der Waals surface area (Å²) >= 11 is 0. The normalized spacial score (nSPS) is 19.2. The van der Waals surface area contributed by atoms with Gasteiger partial charge in [-0.2, -0.15) is 0 Å². The van der Waals surface area contributed by atoms with E-state index in [4.69, 9.17) is 15.2 Å². The maximum Gasteiger partial charge on any atom is 0.410 e. The zero-order valence-corrected chi connectivity index (χ0v) is 12.8. The molecule has 0 unspecified atom stereocenters. The van der Waals surface area contributed by atoms with Crippen LogP contribution in [-0.4, -0.2) is 40.8 Å². The standard InChI is InChI=1S/C15H23N3O3/c1-15(2,3)21-14(19)18-8-4-5-11(10-18)20-13-6-7-17-9-12(13)16/h6-7,9,11H,4-5,8,10,16H2,1-3H3/t11-/m0/s1. The van der Waals surface area contributed by atoms with E-state index in [0.29, 0.717) is 24.5 Å². The highest BCUT2D eigenvalue weighted by atomic mass is 16.6. The Morgan fingerprint density at radius 2 is 2.24 bits per heavy atom. The fourth-order valence-corrected chi connectivity index (χ4v) is 2.21. The number of hydrogen-bond donors (Lipinski definition) is 1. The number of anilines is 1. The Hall–Kier alpha value is -1.98. The number of nitrogens with two attached hydrogens (primary N) is 1. The molecule has 2 rings (SSSR count). The first-order valence-corrected chi connectivity index (χ1v) is 7.19. The molecule has 0 aromatic carbocycles. The highest BCUT2D eigenvalue weighted by Crippen LogP contribution is 2.24. The van der Waals surface area contributed by atoms with Crippen molar-refractivity contribution in [2.75, 3.05) is 18.8 Å². The lowest BCUT2D eigenvalue weighted by atomic mass is 10.1. The van der Waals surface area contributed by atoms with Crippen molar-refractivity contribution >= 4 is 11.8 Å². The molecule has 2 heterocycles. The summed E-state index contributed by atoms with van der Waals surface area (Å²) in [7, 11) is 0. The van der Waals surface area contributed by atoms with E-state index in [1.54, 1.807) is 23.4 Å². The summed E-state index contributed by atoms with van der Waals surface area (Å²) < 4.78 is 11.3. The number of aromatic nitrogens is 1. The highest BCUT2D eigenvalue weighted by Gasteiger charge is 2.28. The quantitative estimate of drug-likeness (QED) is 0.906. The molecule has 1 aliphatic heterocycles. The van der Waals surface area contributed by atoms with E-state index in [1.165, 1.54) is 0 Å². The lowest BCUT2D eigenvalue weighted by Crippen LogP contribution is -2.46. The van der Waals surface area contributed by atoms with Crippen LogP contribution < -0.4 is 10.5 Å². The number of amides is 1. The lowest BCUT2D eigenvalue weighted by molar-refractivity contribution is 0.00785. The van der Waals surface area contributed by atoms with Gasteiger partial charge in [0, 0.05) is 18.8 Å². The number of pyridine rings is 1. The summed E-state index contributed by atoms with van der Waals surface area (Å²) in [6, 6.07) is 1.74. The van der Waals surface area contributed by atoms with Crippen molar-refractivity contribution in [3.63, 3.8) is 0 Å². The van der Waals surface area contributed by atoms with Crippen molar-refractivity contribution in [2.24, 2.45) is 0 Å². The maximum atomic E-state index is 12.1. The molecule has 6 nitrogen and oxygen atoms in total. The van der Waals surface area contributed by atoms with Gasteiger partial charge in [-0.3, -0.25) is 4.98 Å². The van der Waals surface area contributed by atoms with Crippen molar-refractivity contribution in [1.82, 2.24) is 9.88 Å². The Morgan fingerprint density at radius 1 is 1.48 bits per heavy atom. The first-order chi connectivity index (χ1) is 9.85. The van der Waals surface area contributed by atoms with E-state index < -0.39 is 5.60 Å². The number of nitrogen functional groups attached to an aromatic ring is 1. The number of piperidine rings is 1. The minimum Gasteiger partial charge on any atom is -0.486 e. The number of rotatable bonds is 2. The van der Waals surface area contributed by atoms with Gasteiger partial charge in [-0.25, -0.2) is 4.79 Å². The van der Waals surface area contributed by atoms with Gasteiger partial charge in [0.05, 0.1) is 18.4 Å². The van der Waals surface area contributed by atoms with E-state index in [1.807, 2.05) is 20.8 Å². The van der Waals surface area contributed by atoms with Crippen molar-refractivity contribution in [3.05, 3.63) is 18.5 Å². The Labute approximate surface area is 125 Å². The van der Waals surface area contributed by atoms with Gasteiger partial charge in [0.1, 0.15) is 17.5 Å². The fraction of sp³-hybridized carbons (Fsp3) is 0.600. The predicted octanol–water partition coefficient (Wildman–Crippen LogP) is 2.44. The molecule has 0 saturated carbocycles. The SMILES string of the molecule is CC(C)(C)OC(=O)N1CCC[C@H](Oc2ccncc2N)C1. The highest BCUT2D eigenvalue weighted by molar-refractivity contribution is 5.68. The lowest BCUT2D eigenvalue weighted by Gasteiger charge is -2.34. The molecule has 1 aromatic heterocycles. The van der Waals surface area contributed by atoms with Gasteiger partial charge in [-0.1, -0.05) is 0 Å². The Kier molecular flexibility index (Phi) is 4.55. The molecule has 1 aliphatic rings. The molecule has 6 heteroatoms. The van der Waals surface area contributed by atoms with Crippen LogP contribution in [0.15, 0.2) is 18.5 Å². The number of carbonyl (C=O) groups excluding carboxylic acids is 1. The Bertz CT molecular complexity index is 499. The molecule has 21 heavy (non-hydrogen) atoms. The van der Waals surface area contributed by atoms with Gasteiger partial charge in [-0.15, -0.1) is 0 Å². The maximum absolute atomic E-state index is 12.1. The number of ether oxygens (including phenoxy) is 2. The molecule has 1 atom stereocenters. The monoisotopic (exact) mass is 293 g/mol. The first kappa shape index (κ1) is 15.4. The topological polar surface area (TPSA) is 77.7 Å². The number of hydrogen-bond acceptors (Lipinski definition) is 5. The molecular weight excluding hydrogens is 270 g/mol. The van der Waals surface area contributed by atoms with Gasteiger partial charge < -0.3 is 20.1 Å². The first-order valence-electron chi connectivity index (χ1n) is 7.19.